The standard InChI is InChI=1S/C14H14F2N2O/c15-9-4-5-10(12(16)7-9)14(19)11(8-17)13-3-1-2-6-18-13/h1-7,11,14,19H,8,17H2. The molecule has 3 nitrogen and oxygen atoms in total. The lowest BCUT2D eigenvalue weighted by atomic mass is 9.92. The van der Waals surface area contributed by atoms with E-state index in [-0.39, 0.29) is 12.1 Å². The molecule has 0 aliphatic heterocycles. The molecular weight excluding hydrogens is 250 g/mol. The molecule has 2 rings (SSSR count). The van der Waals surface area contributed by atoms with Gasteiger partial charge in [-0.3, -0.25) is 4.98 Å². The Morgan fingerprint density at radius 2 is 2.00 bits per heavy atom. The summed E-state index contributed by atoms with van der Waals surface area (Å²) in [5, 5.41) is 10.2. The summed E-state index contributed by atoms with van der Waals surface area (Å²) in [6.45, 7) is 0.106. The van der Waals surface area contributed by atoms with Gasteiger partial charge in [-0.05, 0) is 18.2 Å². The van der Waals surface area contributed by atoms with E-state index in [0.29, 0.717) is 5.69 Å². The monoisotopic (exact) mass is 264 g/mol. The first-order valence-electron chi connectivity index (χ1n) is 5.87. The van der Waals surface area contributed by atoms with Crippen molar-refractivity contribution in [1.29, 1.82) is 0 Å². The smallest absolute Gasteiger partial charge is 0.131 e. The van der Waals surface area contributed by atoms with Gasteiger partial charge in [0, 0.05) is 36.0 Å². The first-order valence-corrected chi connectivity index (χ1v) is 5.87. The Morgan fingerprint density at radius 3 is 2.58 bits per heavy atom. The predicted molar refractivity (Wildman–Crippen MR) is 67.4 cm³/mol. The second kappa shape index (κ2) is 5.86. The fourth-order valence-corrected chi connectivity index (χ4v) is 1.96. The maximum atomic E-state index is 13.7. The van der Waals surface area contributed by atoms with E-state index in [1.165, 1.54) is 6.07 Å². The highest BCUT2D eigenvalue weighted by molar-refractivity contribution is 5.25. The lowest BCUT2D eigenvalue weighted by molar-refractivity contribution is 0.141. The van der Waals surface area contributed by atoms with Crippen LogP contribution in [-0.4, -0.2) is 16.6 Å². The minimum Gasteiger partial charge on any atom is -0.388 e. The Kier molecular flexibility index (Phi) is 4.19. The Bertz CT molecular complexity index is 548. The average molecular weight is 264 g/mol. The number of nitrogens with zero attached hydrogens (tertiary/aromatic N) is 1. The van der Waals surface area contributed by atoms with Gasteiger partial charge in [-0.25, -0.2) is 8.78 Å². The van der Waals surface area contributed by atoms with Crippen LogP contribution in [0.5, 0.6) is 0 Å². The molecule has 1 aromatic heterocycles. The number of nitrogens with two attached hydrogens (primary N) is 1. The summed E-state index contributed by atoms with van der Waals surface area (Å²) in [5.41, 5.74) is 6.21. The van der Waals surface area contributed by atoms with E-state index in [2.05, 4.69) is 4.98 Å². The maximum absolute atomic E-state index is 13.7. The number of aliphatic hydroxyl groups excluding tert-OH is 1. The molecule has 0 spiro atoms. The van der Waals surface area contributed by atoms with Crippen molar-refractivity contribution in [3.63, 3.8) is 0 Å². The van der Waals surface area contributed by atoms with E-state index in [1.54, 1.807) is 24.4 Å². The average Bonchev–Trinajstić information content (AvgIpc) is 2.40. The number of aliphatic hydroxyl groups is 1. The topological polar surface area (TPSA) is 59.1 Å². The van der Waals surface area contributed by atoms with Crippen LogP contribution in [0.3, 0.4) is 0 Å². The molecule has 0 saturated heterocycles. The highest BCUT2D eigenvalue weighted by Gasteiger charge is 2.25. The molecule has 0 radical (unpaired) electrons. The zero-order valence-electron chi connectivity index (χ0n) is 10.1. The van der Waals surface area contributed by atoms with Gasteiger partial charge in [-0.15, -0.1) is 0 Å². The summed E-state index contributed by atoms with van der Waals surface area (Å²) >= 11 is 0. The summed E-state index contributed by atoms with van der Waals surface area (Å²) in [6, 6.07) is 8.28. The number of hydrogen-bond donors (Lipinski definition) is 2. The van der Waals surface area contributed by atoms with Gasteiger partial charge in [0.25, 0.3) is 0 Å². The minimum atomic E-state index is -1.17. The number of benzene rings is 1. The van der Waals surface area contributed by atoms with Crippen LogP contribution in [0, 0.1) is 11.6 Å². The van der Waals surface area contributed by atoms with Crippen molar-refractivity contribution in [3.8, 4) is 0 Å². The minimum absolute atomic E-state index is 0.0162. The van der Waals surface area contributed by atoms with Crippen molar-refractivity contribution in [1.82, 2.24) is 4.98 Å². The van der Waals surface area contributed by atoms with Crippen molar-refractivity contribution in [2.75, 3.05) is 6.54 Å². The van der Waals surface area contributed by atoms with Crippen LogP contribution in [0.25, 0.3) is 0 Å². The summed E-state index contributed by atoms with van der Waals surface area (Å²) in [5.74, 6) is -2.02. The number of hydrogen-bond acceptors (Lipinski definition) is 3. The Morgan fingerprint density at radius 1 is 1.21 bits per heavy atom. The maximum Gasteiger partial charge on any atom is 0.131 e. The summed E-state index contributed by atoms with van der Waals surface area (Å²) in [4.78, 5) is 4.11. The zero-order valence-corrected chi connectivity index (χ0v) is 10.1. The molecular formula is C14H14F2N2O. The van der Waals surface area contributed by atoms with Crippen molar-refractivity contribution in [2.45, 2.75) is 12.0 Å². The lowest BCUT2D eigenvalue weighted by Gasteiger charge is -2.21. The molecule has 3 N–H and O–H groups in total. The van der Waals surface area contributed by atoms with Crippen LogP contribution in [0.2, 0.25) is 0 Å². The molecule has 2 aromatic rings. The number of pyridine rings is 1. The van der Waals surface area contributed by atoms with Gasteiger partial charge in [0.15, 0.2) is 0 Å². The van der Waals surface area contributed by atoms with E-state index in [4.69, 9.17) is 5.73 Å². The normalized spacial score (nSPS) is 14.1. The SMILES string of the molecule is NCC(c1ccccn1)C(O)c1ccc(F)cc1F. The van der Waals surface area contributed by atoms with Gasteiger partial charge in [0.2, 0.25) is 0 Å². The van der Waals surface area contributed by atoms with Gasteiger partial charge in [0.05, 0.1) is 6.10 Å². The van der Waals surface area contributed by atoms with Crippen molar-refractivity contribution in [3.05, 3.63) is 65.5 Å². The van der Waals surface area contributed by atoms with Crippen LogP contribution >= 0.6 is 0 Å². The summed E-state index contributed by atoms with van der Waals surface area (Å²) < 4.78 is 26.5. The van der Waals surface area contributed by atoms with Crippen molar-refractivity contribution in [2.24, 2.45) is 5.73 Å². The van der Waals surface area contributed by atoms with E-state index in [9.17, 15) is 13.9 Å². The predicted octanol–water partition coefficient (Wildman–Crippen LogP) is 2.14. The number of rotatable bonds is 4. The van der Waals surface area contributed by atoms with Crippen LogP contribution in [0.1, 0.15) is 23.3 Å². The lowest BCUT2D eigenvalue weighted by Crippen LogP contribution is -2.21. The largest absolute Gasteiger partial charge is 0.388 e. The molecule has 0 fully saturated rings. The molecule has 2 unspecified atom stereocenters. The highest BCUT2D eigenvalue weighted by Crippen LogP contribution is 2.30. The number of aromatic nitrogens is 1. The first-order chi connectivity index (χ1) is 9.13. The third-order valence-electron chi connectivity index (χ3n) is 2.98. The van der Waals surface area contributed by atoms with Crippen LogP contribution in [0.4, 0.5) is 8.78 Å². The molecule has 0 amide bonds. The van der Waals surface area contributed by atoms with Crippen molar-refractivity contribution < 1.29 is 13.9 Å². The molecule has 1 aromatic carbocycles. The third kappa shape index (κ3) is 2.94. The van der Waals surface area contributed by atoms with Gasteiger partial charge in [-0.2, -0.15) is 0 Å². The molecule has 5 heteroatoms. The second-order valence-electron chi connectivity index (χ2n) is 4.21. The highest BCUT2D eigenvalue weighted by atomic mass is 19.1. The van der Waals surface area contributed by atoms with Crippen LogP contribution in [-0.2, 0) is 0 Å². The molecule has 100 valence electrons. The first kappa shape index (κ1) is 13.6. The fourth-order valence-electron chi connectivity index (χ4n) is 1.96. The Labute approximate surface area is 109 Å². The third-order valence-corrected chi connectivity index (χ3v) is 2.98. The molecule has 1 heterocycles. The van der Waals surface area contributed by atoms with Crippen LogP contribution < -0.4 is 5.73 Å². The van der Waals surface area contributed by atoms with E-state index < -0.39 is 23.7 Å². The molecule has 19 heavy (non-hydrogen) atoms. The summed E-state index contributed by atoms with van der Waals surface area (Å²) in [6.07, 6.45) is 0.409. The number of halogens is 2. The molecule has 0 bridgehead atoms. The van der Waals surface area contributed by atoms with Gasteiger partial charge >= 0.3 is 0 Å². The van der Waals surface area contributed by atoms with Crippen LogP contribution in [0.15, 0.2) is 42.6 Å². The zero-order chi connectivity index (χ0) is 13.8. The summed E-state index contributed by atoms with van der Waals surface area (Å²) in [7, 11) is 0. The molecule has 0 aliphatic carbocycles. The molecule has 0 aliphatic rings. The van der Waals surface area contributed by atoms with E-state index in [1.807, 2.05) is 0 Å². The molecule has 0 saturated carbocycles. The van der Waals surface area contributed by atoms with Gasteiger partial charge < -0.3 is 10.8 Å². The quantitative estimate of drug-likeness (QED) is 0.889. The van der Waals surface area contributed by atoms with E-state index >= 15 is 0 Å². The molecule has 2 atom stereocenters. The van der Waals surface area contributed by atoms with Gasteiger partial charge in [0.1, 0.15) is 11.6 Å². The van der Waals surface area contributed by atoms with E-state index in [0.717, 1.165) is 12.1 Å². The van der Waals surface area contributed by atoms with Gasteiger partial charge in [-0.1, -0.05) is 12.1 Å². The fraction of sp³-hybridized carbons (Fsp3) is 0.214. The Hall–Kier alpha value is -1.85. The Balaban J connectivity index is 2.33. The second-order valence-corrected chi connectivity index (χ2v) is 4.21. The van der Waals surface area contributed by atoms with Crippen molar-refractivity contribution >= 4 is 0 Å².